The number of thioether (sulfide) groups is 1. The van der Waals surface area contributed by atoms with Crippen LogP contribution in [0.3, 0.4) is 0 Å². The topological polar surface area (TPSA) is 119 Å². The van der Waals surface area contributed by atoms with E-state index in [1.807, 2.05) is 45.0 Å². The normalized spacial score (nSPS) is 21.2. The summed E-state index contributed by atoms with van der Waals surface area (Å²) in [6.45, 7) is 5.75. The second kappa shape index (κ2) is 10.6. The molecule has 31 heavy (non-hydrogen) atoms. The zero-order valence-electron chi connectivity index (χ0n) is 18.5. The highest BCUT2D eigenvalue weighted by Crippen LogP contribution is 2.33. The van der Waals surface area contributed by atoms with Crippen LogP contribution < -0.4 is 10.2 Å². The number of nitrogens with one attached hydrogen (secondary N) is 1. The molecule has 1 aliphatic rings. The number of fused-ring (bicyclic) bond motifs is 1. The minimum atomic E-state index is -1.70. The van der Waals surface area contributed by atoms with E-state index in [1.165, 1.54) is 29.8 Å². The van der Waals surface area contributed by atoms with Crippen molar-refractivity contribution >= 4 is 29.3 Å². The molecule has 172 valence electrons. The number of rotatable bonds is 7. The highest BCUT2D eigenvalue weighted by atomic mass is 32.2. The third-order valence-electron chi connectivity index (χ3n) is 4.89. The molecule has 8 nitrogen and oxygen atoms in total. The van der Waals surface area contributed by atoms with Crippen LogP contribution >= 0.6 is 11.8 Å². The van der Waals surface area contributed by atoms with Gasteiger partial charge in [0.15, 0.2) is 6.10 Å². The van der Waals surface area contributed by atoms with Crippen molar-refractivity contribution < 1.29 is 29.6 Å². The van der Waals surface area contributed by atoms with Crippen LogP contribution in [0.4, 0.5) is 5.69 Å². The van der Waals surface area contributed by atoms with Gasteiger partial charge in [0.2, 0.25) is 5.91 Å². The molecule has 0 radical (unpaired) electrons. The summed E-state index contributed by atoms with van der Waals surface area (Å²) in [6, 6.07) is 6.59. The predicted molar refractivity (Wildman–Crippen MR) is 120 cm³/mol. The molecule has 0 saturated carbocycles. The highest BCUT2D eigenvalue weighted by Gasteiger charge is 2.38. The fourth-order valence-corrected chi connectivity index (χ4v) is 4.19. The van der Waals surface area contributed by atoms with Crippen molar-refractivity contribution in [2.45, 2.75) is 56.1 Å². The number of methoxy groups -OCH3 is 1. The number of hydrogen-bond acceptors (Lipinski definition) is 7. The molecule has 1 aliphatic heterocycles. The lowest BCUT2D eigenvalue weighted by Crippen LogP contribution is -2.56. The van der Waals surface area contributed by atoms with E-state index in [2.05, 4.69) is 5.32 Å². The van der Waals surface area contributed by atoms with Gasteiger partial charge in [-0.15, -0.1) is 11.8 Å². The summed E-state index contributed by atoms with van der Waals surface area (Å²) in [5.74, 6) is -0.749. The Morgan fingerprint density at radius 3 is 2.52 bits per heavy atom. The molecule has 0 aliphatic carbocycles. The maximum Gasteiger partial charge on any atom is 0.252 e. The SMILES string of the molecule is CO[C@@H](C(=O)NC1CSc2ccccc2N(C)C1=O)[C@H](O)[C@@H](O)[C@H](O)/C=C/C(C)(C)C. The van der Waals surface area contributed by atoms with Gasteiger partial charge in [0, 0.05) is 24.8 Å². The van der Waals surface area contributed by atoms with Gasteiger partial charge in [-0.2, -0.15) is 0 Å². The summed E-state index contributed by atoms with van der Waals surface area (Å²) < 4.78 is 5.10. The van der Waals surface area contributed by atoms with Crippen molar-refractivity contribution in [3.8, 4) is 0 Å². The van der Waals surface area contributed by atoms with E-state index in [0.717, 1.165) is 10.6 Å². The standard InChI is InChI=1S/C22H32N2O6S/c1-22(2,3)11-10-15(25)17(26)18(27)19(30-5)20(28)23-13-12-31-16-9-7-6-8-14(16)24(4)21(13)29/h6-11,13,15,17-19,25-27H,12H2,1-5H3,(H,23,28)/b11-10+/t13?,15-,17+,18-,19-/m1/s1. The number of benzene rings is 1. The lowest BCUT2D eigenvalue weighted by molar-refractivity contribution is -0.150. The maximum atomic E-state index is 12.8. The average Bonchev–Trinajstić information content (AvgIpc) is 2.83. The molecule has 0 bridgehead atoms. The fourth-order valence-electron chi connectivity index (χ4n) is 3.09. The zero-order valence-corrected chi connectivity index (χ0v) is 19.3. The van der Waals surface area contributed by atoms with Crippen molar-refractivity contribution in [2.24, 2.45) is 5.41 Å². The number of aliphatic hydroxyl groups excluding tert-OH is 3. The number of ether oxygens (including phenoxy) is 1. The second-order valence-corrected chi connectivity index (χ2v) is 9.65. The molecular formula is C22H32N2O6S. The maximum absolute atomic E-state index is 12.8. The minimum absolute atomic E-state index is 0.231. The predicted octanol–water partition coefficient (Wildman–Crippen LogP) is 0.940. The monoisotopic (exact) mass is 452 g/mol. The van der Waals surface area contributed by atoms with E-state index >= 15 is 0 Å². The molecule has 2 rings (SSSR count). The molecule has 4 N–H and O–H groups in total. The number of anilines is 1. The largest absolute Gasteiger partial charge is 0.387 e. The average molecular weight is 453 g/mol. The molecule has 9 heteroatoms. The molecule has 1 aromatic rings. The number of nitrogens with zero attached hydrogens (tertiary/aromatic N) is 1. The van der Waals surface area contributed by atoms with Gasteiger partial charge in [0.1, 0.15) is 24.4 Å². The number of hydrogen-bond donors (Lipinski definition) is 4. The third kappa shape index (κ3) is 6.54. The molecule has 1 unspecified atom stereocenters. The second-order valence-electron chi connectivity index (χ2n) is 8.59. The van der Waals surface area contributed by atoms with E-state index < -0.39 is 36.4 Å². The summed E-state index contributed by atoms with van der Waals surface area (Å²) in [7, 11) is 2.85. The molecular weight excluding hydrogens is 420 g/mol. The Hall–Kier alpha value is -1.91. The van der Waals surface area contributed by atoms with Crippen LogP contribution in [0, 0.1) is 5.41 Å². The number of para-hydroxylation sites is 1. The van der Waals surface area contributed by atoms with Crippen molar-refractivity contribution in [2.75, 3.05) is 24.8 Å². The summed E-state index contributed by atoms with van der Waals surface area (Å²) in [5, 5.41) is 33.5. The molecule has 1 aromatic carbocycles. The first-order valence-electron chi connectivity index (χ1n) is 10.0. The zero-order chi connectivity index (χ0) is 23.3. The van der Waals surface area contributed by atoms with Gasteiger partial charge in [-0.25, -0.2) is 0 Å². The fraction of sp³-hybridized carbons (Fsp3) is 0.545. The molecule has 0 spiro atoms. The minimum Gasteiger partial charge on any atom is -0.387 e. The number of aliphatic hydroxyl groups is 3. The van der Waals surface area contributed by atoms with Crippen LogP contribution in [0.2, 0.25) is 0 Å². The lowest BCUT2D eigenvalue weighted by Gasteiger charge is -2.29. The van der Waals surface area contributed by atoms with Gasteiger partial charge in [0.25, 0.3) is 5.91 Å². The highest BCUT2D eigenvalue weighted by molar-refractivity contribution is 7.99. The summed E-state index contributed by atoms with van der Waals surface area (Å²) in [4.78, 5) is 28.0. The van der Waals surface area contributed by atoms with Crippen molar-refractivity contribution in [3.63, 3.8) is 0 Å². The van der Waals surface area contributed by atoms with E-state index in [9.17, 15) is 24.9 Å². The van der Waals surface area contributed by atoms with Crippen molar-refractivity contribution in [1.29, 1.82) is 0 Å². The van der Waals surface area contributed by atoms with Crippen LogP contribution in [0.15, 0.2) is 41.3 Å². The summed E-state index contributed by atoms with van der Waals surface area (Å²) in [5.41, 5.74) is 0.520. The van der Waals surface area contributed by atoms with Crippen molar-refractivity contribution in [3.05, 3.63) is 36.4 Å². The first-order chi connectivity index (χ1) is 14.5. The van der Waals surface area contributed by atoms with Crippen molar-refractivity contribution in [1.82, 2.24) is 5.32 Å². The first-order valence-corrected chi connectivity index (χ1v) is 11.0. The van der Waals surface area contributed by atoms with E-state index in [0.29, 0.717) is 5.75 Å². The van der Waals surface area contributed by atoms with Gasteiger partial charge < -0.3 is 30.3 Å². The van der Waals surface area contributed by atoms with Gasteiger partial charge in [-0.05, 0) is 17.5 Å². The molecule has 1 heterocycles. The van der Waals surface area contributed by atoms with E-state index in [4.69, 9.17) is 4.74 Å². The Bertz CT molecular complexity index is 809. The molecule has 0 saturated heterocycles. The number of likely N-dealkylation sites (N-methyl/N-ethyl adjacent to an activating group) is 1. The summed E-state index contributed by atoms with van der Waals surface area (Å²) >= 11 is 1.44. The molecule has 0 fully saturated rings. The van der Waals surface area contributed by atoms with Crippen LogP contribution in [0.5, 0.6) is 0 Å². The Morgan fingerprint density at radius 1 is 1.26 bits per heavy atom. The van der Waals surface area contributed by atoms with Gasteiger partial charge in [-0.3, -0.25) is 9.59 Å². The summed E-state index contributed by atoms with van der Waals surface area (Å²) in [6.07, 6.45) is -3.15. The van der Waals surface area contributed by atoms with Crippen LogP contribution in [-0.2, 0) is 14.3 Å². The number of amides is 2. The Balaban J connectivity index is 2.08. The van der Waals surface area contributed by atoms with Crippen LogP contribution in [0.25, 0.3) is 0 Å². The van der Waals surface area contributed by atoms with Gasteiger partial charge in [0.05, 0.1) is 5.69 Å². The van der Waals surface area contributed by atoms with E-state index in [-0.39, 0.29) is 11.3 Å². The Morgan fingerprint density at radius 2 is 1.90 bits per heavy atom. The Kier molecular flexibility index (Phi) is 8.67. The van der Waals surface area contributed by atoms with E-state index in [1.54, 1.807) is 13.1 Å². The molecule has 5 atom stereocenters. The van der Waals surface area contributed by atoms with Crippen LogP contribution in [-0.4, -0.2) is 77.5 Å². The van der Waals surface area contributed by atoms with Gasteiger partial charge in [-0.1, -0.05) is 45.1 Å². The van der Waals surface area contributed by atoms with Gasteiger partial charge >= 0.3 is 0 Å². The third-order valence-corrected chi connectivity index (χ3v) is 6.05. The Labute approximate surface area is 187 Å². The van der Waals surface area contributed by atoms with Crippen LogP contribution in [0.1, 0.15) is 20.8 Å². The first kappa shape index (κ1) is 25.4. The molecule has 2 amide bonds. The molecule has 0 aromatic heterocycles. The number of carbonyl (C=O) groups excluding carboxylic acids is 2. The number of carbonyl (C=O) groups is 2. The quantitative estimate of drug-likeness (QED) is 0.455. The number of allylic oxidation sites excluding steroid dienone is 1. The smallest absolute Gasteiger partial charge is 0.252 e. The lowest BCUT2D eigenvalue weighted by atomic mass is 9.94.